The molecule has 3 nitrogen and oxygen atoms in total. The Morgan fingerprint density at radius 3 is 2.40 bits per heavy atom. The maximum Gasteiger partial charge on any atom is 0.0900 e. The van der Waals surface area contributed by atoms with E-state index in [2.05, 4.69) is 32.6 Å². The SMILES string of the molecule is CCCC1(O)CN(CCOC(C)(C)C)C1. The van der Waals surface area contributed by atoms with Crippen LogP contribution in [0.15, 0.2) is 0 Å². The Kier molecular flexibility index (Phi) is 4.15. The van der Waals surface area contributed by atoms with Gasteiger partial charge in [-0.2, -0.15) is 0 Å². The molecule has 1 aliphatic rings. The molecule has 0 atom stereocenters. The predicted octanol–water partition coefficient (Wildman–Crippen LogP) is 1.65. The summed E-state index contributed by atoms with van der Waals surface area (Å²) < 4.78 is 5.64. The van der Waals surface area contributed by atoms with Crippen LogP contribution in [0.2, 0.25) is 0 Å². The van der Waals surface area contributed by atoms with Gasteiger partial charge in [0.2, 0.25) is 0 Å². The number of β-amino-alcohol motifs (C(OH)–C–C–N with tert-alkyl or cyclic N) is 1. The minimum absolute atomic E-state index is 0.0510. The fourth-order valence-electron chi connectivity index (χ4n) is 2.05. The van der Waals surface area contributed by atoms with Gasteiger partial charge in [0.25, 0.3) is 0 Å². The number of rotatable bonds is 5. The molecule has 0 aliphatic carbocycles. The molecule has 0 aromatic carbocycles. The molecule has 0 amide bonds. The Bertz CT molecular complexity index is 192. The highest BCUT2D eigenvalue weighted by Crippen LogP contribution is 2.25. The Hall–Kier alpha value is -0.120. The van der Waals surface area contributed by atoms with Gasteiger partial charge in [-0.15, -0.1) is 0 Å². The second kappa shape index (κ2) is 4.81. The first-order valence-corrected chi connectivity index (χ1v) is 5.93. The van der Waals surface area contributed by atoms with Gasteiger partial charge in [0.15, 0.2) is 0 Å². The molecule has 1 rings (SSSR count). The highest BCUT2D eigenvalue weighted by Gasteiger charge is 2.39. The third kappa shape index (κ3) is 4.49. The first kappa shape index (κ1) is 12.9. The van der Waals surface area contributed by atoms with Crippen molar-refractivity contribution in [1.29, 1.82) is 0 Å². The molecular formula is C12H25NO2. The van der Waals surface area contributed by atoms with E-state index in [9.17, 15) is 5.11 Å². The Morgan fingerprint density at radius 1 is 1.33 bits per heavy atom. The normalized spacial score (nSPS) is 21.4. The molecule has 3 heteroatoms. The topological polar surface area (TPSA) is 32.7 Å². The van der Waals surface area contributed by atoms with Crippen LogP contribution in [0.1, 0.15) is 40.5 Å². The van der Waals surface area contributed by atoms with Crippen molar-refractivity contribution in [1.82, 2.24) is 4.90 Å². The van der Waals surface area contributed by atoms with E-state index in [0.717, 1.165) is 39.1 Å². The summed E-state index contributed by atoms with van der Waals surface area (Å²) in [5.41, 5.74) is -0.457. The molecule has 1 heterocycles. The lowest BCUT2D eigenvalue weighted by Gasteiger charge is -2.46. The van der Waals surface area contributed by atoms with Gasteiger partial charge in [0.05, 0.1) is 17.8 Å². The molecule has 1 aliphatic heterocycles. The number of hydrogen-bond acceptors (Lipinski definition) is 3. The lowest BCUT2D eigenvalue weighted by molar-refractivity contribution is -0.115. The van der Waals surface area contributed by atoms with Crippen molar-refractivity contribution >= 4 is 0 Å². The highest BCUT2D eigenvalue weighted by atomic mass is 16.5. The van der Waals surface area contributed by atoms with Crippen LogP contribution in [0, 0.1) is 0 Å². The summed E-state index contributed by atoms with van der Waals surface area (Å²) in [7, 11) is 0. The summed E-state index contributed by atoms with van der Waals surface area (Å²) in [5.74, 6) is 0. The van der Waals surface area contributed by atoms with Crippen molar-refractivity contribution in [3.63, 3.8) is 0 Å². The molecule has 0 radical (unpaired) electrons. The van der Waals surface area contributed by atoms with E-state index in [1.807, 2.05) is 0 Å². The van der Waals surface area contributed by atoms with Crippen LogP contribution in [0.3, 0.4) is 0 Å². The third-order valence-corrected chi connectivity index (χ3v) is 2.69. The Balaban J connectivity index is 2.08. The van der Waals surface area contributed by atoms with Gasteiger partial charge in [-0.25, -0.2) is 0 Å². The molecule has 0 saturated carbocycles. The molecule has 90 valence electrons. The minimum Gasteiger partial charge on any atom is -0.387 e. The van der Waals surface area contributed by atoms with E-state index < -0.39 is 5.60 Å². The summed E-state index contributed by atoms with van der Waals surface area (Å²) in [6.45, 7) is 11.6. The Morgan fingerprint density at radius 2 is 1.93 bits per heavy atom. The van der Waals surface area contributed by atoms with Gasteiger partial charge in [0.1, 0.15) is 0 Å². The van der Waals surface area contributed by atoms with Crippen LogP contribution in [-0.4, -0.2) is 47.4 Å². The maximum absolute atomic E-state index is 9.96. The van der Waals surface area contributed by atoms with E-state index in [4.69, 9.17) is 4.74 Å². The van der Waals surface area contributed by atoms with Crippen LogP contribution >= 0.6 is 0 Å². The first-order valence-electron chi connectivity index (χ1n) is 5.93. The van der Waals surface area contributed by atoms with Gasteiger partial charge in [0, 0.05) is 19.6 Å². The molecule has 0 bridgehead atoms. The minimum atomic E-state index is -0.406. The van der Waals surface area contributed by atoms with Gasteiger partial charge in [-0.05, 0) is 27.2 Å². The van der Waals surface area contributed by atoms with Crippen molar-refractivity contribution in [2.45, 2.75) is 51.7 Å². The molecule has 0 aromatic heterocycles. The van der Waals surface area contributed by atoms with Gasteiger partial charge in [-0.1, -0.05) is 13.3 Å². The van der Waals surface area contributed by atoms with Gasteiger partial charge in [-0.3, -0.25) is 4.90 Å². The van der Waals surface area contributed by atoms with Crippen molar-refractivity contribution in [2.24, 2.45) is 0 Å². The fraction of sp³-hybridized carbons (Fsp3) is 1.00. The average Bonchev–Trinajstić information content (AvgIpc) is 1.99. The molecule has 0 aromatic rings. The van der Waals surface area contributed by atoms with Crippen molar-refractivity contribution in [3.8, 4) is 0 Å². The standard InChI is InChI=1S/C12H25NO2/c1-5-6-12(14)9-13(10-12)7-8-15-11(2,3)4/h14H,5-10H2,1-4H3. The van der Waals surface area contributed by atoms with Crippen molar-refractivity contribution in [3.05, 3.63) is 0 Å². The maximum atomic E-state index is 9.96. The van der Waals surface area contributed by atoms with E-state index >= 15 is 0 Å². The van der Waals surface area contributed by atoms with Crippen molar-refractivity contribution < 1.29 is 9.84 Å². The van der Waals surface area contributed by atoms with E-state index in [-0.39, 0.29) is 5.60 Å². The van der Waals surface area contributed by atoms with Crippen LogP contribution in [-0.2, 0) is 4.74 Å². The smallest absolute Gasteiger partial charge is 0.0900 e. The zero-order valence-electron chi connectivity index (χ0n) is 10.5. The molecule has 1 fully saturated rings. The summed E-state index contributed by atoms with van der Waals surface area (Å²) in [5, 5.41) is 9.96. The van der Waals surface area contributed by atoms with E-state index in [0.29, 0.717) is 0 Å². The van der Waals surface area contributed by atoms with E-state index in [1.165, 1.54) is 0 Å². The summed E-state index contributed by atoms with van der Waals surface area (Å²) >= 11 is 0. The second-order valence-corrected chi connectivity index (χ2v) is 5.65. The predicted molar refractivity (Wildman–Crippen MR) is 62.0 cm³/mol. The molecule has 1 N–H and O–H groups in total. The second-order valence-electron chi connectivity index (χ2n) is 5.65. The number of hydrogen-bond donors (Lipinski definition) is 1. The zero-order chi connectivity index (χ0) is 11.5. The number of ether oxygens (including phenoxy) is 1. The van der Waals surface area contributed by atoms with Crippen LogP contribution in [0.4, 0.5) is 0 Å². The summed E-state index contributed by atoms with van der Waals surface area (Å²) in [6.07, 6.45) is 1.98. The monoisotopic (exact) mass is 215 g/mol. The van der Waals surface area contributed by atoms with Gasteiger partial charge >= 0.3 is 0 Å². The number of aliphatic hydroxyl groups is 1. The average molecular weight is 215 g/mol. The van der Waals surface area contributed by atoms with E-state index in [1.54, 1.807) is 0 Å². The number of nitrogens with zero attached hydrogens (tertiary/aromatic N) is 1. The van der Waals surface area contributed by atoms with Gasteiger partial charge < -0.3 is 9.84 Å². The largest absolute Gasteiger partial charge is 0.387 e. The lowest BCUT2D eigenvalue weighted by atomic mass is 9.89. The third-order valence-electron chi connectivity index (χ3n) is 2.69. The molecule has 0 spiro atoms. The molecule has 15 heavy (non-hydrogen) atoms. The zero-order valence-corrected chi connectivity index (χ0v) is 10.5. The summed E-state index contributed by atoms with van der Waals surface area (Å²) in [6, 6.07) is 0. The first-order chi connectivity index (χ1) is 6.85. The van der Waals surface area contributed by atoms with Crippen LogP contribution in [0.5, 0.6) is 0 Å². The van der Waals surface area contributed by atoms with Crippen molar-refractivity contribution in [2.75, 3.05) is 26.2 Å². The lowest BCUT2D eigenvalue weighted by Crippen LogP contribution is -2.62. The quantitative estimate of drug-likeness (QED) is 0.757. The Labute approximate surface area is 93.4 Å². The molecule has 0 unspecified atom stereocenters. The fourth-order valence-corrected chi connectivity index (χ4v) is 2.05. The number of likely N-dealkylation sites (tertiary alicyclic amines) is 1. The highest BCUT2D eigenvalue weighted by molar-refractivity contribution is 4.94. The summed E-state index contributed by atoms with van der Waals surface area (Å²) in [4.78, 5) is 2.25. The van der Waals surface area contributed by atoms with Crippen LogP contribution in [0.25, 0.3) is 0 Å². The molecular weight excluding hydrogens is 190 g/mol. The molecule has 1 saturated heterocycles. The van der Waals surface area contributed by atoms with Crippen LogP contribution < -0.4 is 0 Å².